The average Bonchev–Trinajstić information content (AvgIpc) is 2.81. The van der Waals surface area contributed by atoms with Gasteiger partial charge >= 0.3 is 0 Å². The summed E-state index contributed by atoms with van der Waals surface area (Å²) in [6.07, 6.45) is 1.39. The summed E-state index contributed by atoms with van der Waals surface area (Å²) in [4.78, 5) is 1.22. The van der Waals surface area contributed by atoms with Crippen LogP contribution in [0.4, 0.5) is 0 Å². The van der Waals surface area contributed by atoms with Crippen LogP contribution in [0.25, 0.3) is 0 Å². The van der Waals surface area contributed by atoms with Crippen molar-refractivity contribution in [1.82, 2.24) is 0 Å². The van der Waals surface area contributed by atoms with E-state index < -0.39 is 5.60 Å². The first kappa shape index (κ1) is 12.8. The van der Waals surface area contributed by atoms with Gasteiger partial charge in [0, 0.05) is 15.8 Å². The van der Waals surface area contributed by atoms with Gasteiger partial charge in [0.15, 0.2) is 0 Å². The molecule has 0 bridgehead atoms. The van der Waals surface area contributed by atoms with E-state index in [1.807, 2.05) is 42.6 Å². The highest BCUT2D eigenvalue weighted by atomic mass is 79.9. The zero-order valence-electron chi connectivity index (χ0n) is 9.69. The minimum atomic E-state index is -0.769. The molecule has 1 aromatic carbocycles. The van der Waals surface area contributed by atoms with Crippen molar-refractivity contribution in [2.75, 3.05) is 0 Å². The molecule has 17 heavy (non-hydrogen) atoms. The third-order valence-electron chi connectivity index (χ3n) is 2.99. The maximum absolute atomic E-state index is 10.8. The van der Waals surface area contributed by atoms with Gasteiger partial charge in [0.1, 0.15) is 0 Å². The van der Waals surface area contributed by atoms with Crippen LogP contribution in [0.3, 0.4) is 0 Å². The second-order valence-electron chi connectivity index (χ2n) is 4.15. The summed E-state index contributed by atoms with van der Waals surface area (Å²) in [5, 5.41) is 12.8. The summed E-state index contributed by atoms with van der Waals surface area (Å²) in [5.74, 6) is 0. The highest BCUT2D eigenvalue weighted by Crippen LogP contribution is 2.32. The molecular formula is C14H15BrOS. The SMILES string of the molecule is CCC(O)(Cc1cccs1)c1cccc(Br)c1. The predicted octanol–water partition coefficient (Wildman–Crippen LogP) is 4.35. The van der Waals surface area contributed by atoms with Crippen molar-refractivity contribution in [2.24, 2.45) is 0 Å². The van der Waals surface area contributed by atoms with Gasteiger partial charge in [-0.2, -0.15) is 0 Å². The van der Waals surface area contributed by atoms with E-state index in [4.69, 9.17) is 0 Å². The zero-order valence-corrected chi connectivity index (χ0v) is 12.1. The van der Waals surface area contributed by atoms with E-state index in [1.165, 1.54) is 4.88 Å². The van der Waals surface area contributed by atoms with E-state index in [0.29, 0.717) is 12.8 Å². The van der Waals surface area contributed by atoms with Crippen molar-refractivity contribution in [3.05, 3.63) is 56.7 Å². The first-order chi connectivity index (χ1) is 8.14. The van der Waals surface area contributed by atoms with E-state index in [9.17, 15) is 5.11 Å². The minimum Gasteiger partial charge on any atom is -0.385 e. The number of halogens is 1. The molecule has 0 saturated carbocycles. The lowest BCUT2D eigenvalue weighted by molar-refractivity contribution is 0.0335. The average molecular weight is 311 g/mol. The molecule has 0 radical (unpaired) electrons. The summed E-state index contributed by atoms with van der Waals surface area (Å²) < 4.78 is 1.01. The minimum absolute atomic E-state index is 0.678. The van der Waals surface area contributed by atoms with E-state index in [2.05, 4.69) is 22.0 Å². The second-order valence-corrected chi connectivity index (χ2v) is 6.10. The third-order valence-corrected chi connectivity index (χ3v) is 4.36. The van der Waals surface area contributed by atoms with Crippen LogP contribution in [-0.2, 0) is 12.0 Å². The number of thiophene rings is 1. The molecule has 1 atom stereocenters. The Morgan fingerprint density at radius 2 is 2.12 bits per heavy atom. The van der Waals surface area contributed by atoms with E-state index in [-0.39, 0.29) is 0 Å². The topological polar surface area (TPSA) is 20.2 Å². The molecule has 0 aliphatic carbocycles. The summed E-state index contributed by atoms with van der Waals surface area (Å²) in [7, 11) is 0. The van der Waals surface area contributed by atoms with Gasteiger partial charge in [-0.3, -0.25) is 0 Å². The van der Waals surface area contributed by atoms with E-state index in [0.717, 1.165) is 10.0 Å². The van der Waals surface area contributed by atoms with Gasteiger partial charge < -0.3 is 5.11 Å². The van der Waals surface area contributed by atoms with Crippen LogP contribution in [0.15, 0.2) is 46.3 Å². The lowest BCUT2D eigenvalue weighted by Crippen LogP contribution is -2.27. The largest absolute Gasteiger partial charge is 0.385 e. The Morgan fingerprint density at radius 1 is 1.29 bits per heavy atom. The number of hydrogen-bond acceptors (Lipinski definition) is 2. The fourth-order valence-electron chi connectivity index (χ4n) is 1.91. The zero-order chi connectivity index (χ0) is 12.3. The maximum atomic E-state index is 10.8. The molecular weight excluding hydrogens is 296 g/mol. The lowest BCUT2D eigenvalue weighted by atomic mass is 9.87. The van der Waals surface area contributed by atoms with Gasteiger partial charge in [0.2, 0.25) is 0 Å². The van der Waals surface area contributed by atoms with Crippen molar-refractivity contribution >= 4 is 27.3 Å². The molecule has 2 aromatic rings. The van der Waals surface area contributed by atoms with Gasteiger partial charge in [0.25, 0.3) is 0 Å². The number of rotatable bonds is 4. The van der Waals surface area contributed by atoms with Crippen LogP contribution in [0.1, 0.15) is 23.8 Å². The molecule has 0 aliphatic rings. The summed E-state index contributed by atoms with van der Waals surface area (Å²) in [6, 6.07) is 12.0. The van der Waals surface area contributed by atoms with Crippen LogP contribution >= 0.6 is 27.3 Å². The molecule has 0 saturated heterocycles. The van der Waals surface area contributed by atoms with Gasteiger partial charge in [-0.05, 0) is 35.6 Å². The number of aliphatic hydroxyl groups is 1. The molecule has 0 spiro atoms. The fourth-order valence-corrected chi connectivity index (χ4v) is 3.12. The Hall–Kier alpha value is -0.640. The molecule has 1 unspecified atom stereocenters. The molecule has 0 amide bonds. The van der Waals surface area contributed by atoms with Gasteiger partial charge in [-0.25, -0.2) is 0 Å². The van der Waals surface area contributed by atoms with E-state index >= 15 is 0 Å². The molecule has 1 heterocycles. The Morgan fingerprint density at radius 3 is 2.71 bits per heavy atom. The number of benzene rings is 1. The Labute approximate surface area is 114 Å². The molecule has 3 heteroatoms. The first-order valence-corrected chi connectivity index (χ1v) is 7.32. The second kappa shape index (κ2) is 5.34. The Bertz CT molecular complexity index is 481. The van der Waals surface area contributed by atoms with E-state index in [1.54, 1.807) is 11.3 Å². The Balaban J connectivity index is 2.30. The van der Waals surface area contributed by atoms with Crippen LogP contribution in [0, 0.1) is 0 Å². The van der Waals surface area contributed by atoms with Gasteiger partial charge in [-0.1, -0.05) is 41.1 Å². The van der Waals surface area contributed by atoms with Crippen molar-refractivity contribution in [1.29, 1.82) is 0 Å². The highest BCUT2D eigenvalue weighted by Gasteiger charge is 2.27. The number of hydrogen-bond donors (Lipinski definition) is 1. The van der Waals surface area contributed by atoms with Crippen molar-refractivity contribution in [3.8, 4) is 0 Å². The van der Waals surface area contributed by atoms with Crippen LogP contribution in [0.2, 0.25) is 0 Å². The molecule has 0 aliphatic heterocycles. The standard InChI is InChI=1S/C14H15BrOS/c1-2-14(16,10-13-7-4-8-17-13)11-5-3-6-12(15)9-11/h3-9,16H,2,10H2,1H3. The van der Waals surface area contributed by atoms with Crippen LogP contribution in [0.5, 0.6) is 0 Å². The smallest absolute Gasteiger partial charge is 0.0942 e. The van der Waals surface area contributed by atoms with Crippen LogP contribution in [-0.4, -0.2) is 5.11 Å². The molecule has 2 rings (SSSR count). The summed E-state index contributed by atoms with van der Waals surface area (Å²) >= 11 is 5.15. The molecule has 90 valence electrons. The first-order valence-electron chi connectivity index (χ1n) is 5.65. The quantitative estimate of drug-likeness (QED) is 0.890. The van der Waals surface area contributed by atoms with Crippen molar-refractivity contribution in [2.45, 2.75) is 25.4 Å². The molecule has 1 nitrogen and oxygen atoms in total. The highest BCUT2D eigenvalue weighted by molar-refractivity contribution is 9.10. The van der Waals surface area contributed by atoms with Gasteiger partial charge in [0.05, 0.1) is 5.60 Å². The molecule has 0 fully saturated rings. The molecule has 1 N–H and O–H groups in total. The third kappa shape index (κ3) is 2.97. The van der Waals surface area contributed by atoms with Crippen molar-refractivity contribution < 1.29 is 5.11 Å². The molecule has 1 aromatic heterocycles. The summed E-state index contributed by atoms with van der Waals surface area (Å²) in [5.41, 5.74) is 0.206. The van der Waals surface area contributed by atoms with Crippen LogP contribution < -0.4 is 0 Å². The normalized spacial score (nSPS) is 14.5. The Kier molecular flexibility index (Phi) is 4.02. The monoisotopic (exact) mass is 310 g/mol. The fraction of sp³-hybridized carbons (Fsp3) is 0.286. The summed E-state index contributed by atoms with van der Waals surface area (Å²) in [6.45, 7) is 2.02. The predicted molar refractivity (Wildman–Crippen MR) is 76.4 cm³/mol. The van der Waals surface area contributed by atoms with Crippen molar-refractivity contribution in [3.63, 3.8) is 0 Å². The van der Waals surface area contributed by atoms with Gasteiger partial charge in [-0.15, -0.1) is 11.3 Å². The lowest BCUT2D eigenvalue weighted by Gasteiger charge is -2.27. The maximum Gasteiger partial charge on any atom is 0.0942 e.